The van der Waals surface area contributed by atoms with Crippen LogP contribution in [0.1, 0.15) is 64.2 Å². The number of amides is 2. The highest BCUT2D eigenvalue weighted by atomic mass is 35.5. The first-order valence-electron chi connectivity index (χ1n) is 14.4. The third-order valence-electron chi connectivity index (χ3n) is 8.38. The van der Waals surface area contributed by atoms with Gasteiger partial charge in [-0.05, 0) is 43.2 Å². The number of pyridine rings is 1. The Labute approximate surface area is 248 Å². The number of hydrogen-bond acceptors (Lipinski definition) is 6. The van der Waals surface area contributed by atoms with Crippen LogP contribution in [0.25, 0.3) is 22.4 Å². The van der Waals surface area contributed by atoms with Crippen LogP contribution in [0.3, 0.4) is 0 Å². The molecule has 1 saturated heterocycles. The molecular weight excluding hydrogens is 560 g/mol. The van der Waals surface area contributed by atoms with E-state index in [0.717, 1.165) is 67.3 Å². The van der Waals surface area contributed by atoms with Gasteiger partial charge in [0.15, 0.2) is 10.9 Å². The number of aliphatic carboxylic acids is 1. The third kappa shape index (κ3) is 6.02. The fourth-order valence-corrected chi connectivity index (χ4v) is 7.36. The van der Waals surface area contributed by atoms with Crippen molar-refractivity contribution in [3.05, 3.63) is 46.9 Å². The molecule has 8 nitrogen and oxygen atoms in total. The zero-order valence-corrected chi connectivity index (χ0v) is 24.4. The van der Waals surface area contributed by atoms with Crippen molar-refractivity contribution in [1.82, 2.24) is 9.97 Å². The molecule has 2 aliphatic carbocycles. The highest BCUT2D eigenvalue weighted by Gasteiger charge is 2.40. The molecule has 3 aliphatic rings. The van der Waals surface area contributed by atoms with Gasteiger partial charge in [-0.15, -0.1) is 11.3 Å². The van der Waals surface area contributed by atoms with E-state index in [0.29, 0.717) is 41.3 Å². The van der Waals surface area contributed by atoms with Gasteiger partial charge in [-0.25, -0.2) is 9.97 Å². The molecule has 3 aromatic rings. The Morgan fingerprint density at radius 2 is 1.88 bits per heavy atom. The van der Waals surface area contributed by atoms with Gasteiger partial charge in [-0.3, -0.25) is 24.2 Å². The molecule has 10 heteroatoms. The average Bonchev–Trinajstić information content (AvgIpc) is 3.29. The molecule has 214 valence electrons. The maximum Gasteiger partial charge on any atom is 0.304 e. The molecule has 3 heterocycles. The number of thiazole rings is 1. The molecule has 2 aromatic heterocycles. The molecule has 1 N–H and O–H groups in total. The number of carbonyl (C=O) groups is 3. The molecule has 0 radical (unpaired) electrons. The number of aromatic nitrogens is 2. The SMILES string of the molecule is O=C(O)CC(CC1CCCC1)C(=O)N(c1nc(-c2ccccc2-c2cnc(N3CCCC3=O)c(Cl)c2)cs1)C1CC1. The molecule has 1 atom stereocenters. The van der Waals surface area contributed by atoms with Crippen molar-refractivity contribution in [3.8, 4) is 22.4 Å². The van der Waals surface area contributed by atoms with Crippen molar-refractivity contribution < 1.29 is 19.5 Å². The maximum absolute atomic E-state index is 13.9. The lowest BCUT2D eigenvalue weighted by molar-refractivity contribution is -0.141. The Morgan fingerprint density at radius 3 is 2.54 bits per heavy atom. The van der Waals surface area contributed by atoms with Gasteiger partial charge in [0.25, 0.3) is 0 Å². The van der Waals surface area contributed by atoms with Gasteiger partial charge in [0.05, 0.1) is 17.1 Å². The van der Waals surface area contributed by atoms with E-state index in [1.807, 2.05) is 35.7 Å². The van der Waals surface area contributed by atoms with Crippen molar-refractivity contribution in [3.63, 3.8) is 0 Å². The quantitative estimate of drug-likeness (QED) is 0.277. The first-order valence-corrected chi connectivity index (χ1v) is 15.7. The van der Waals surface area contributed by atoms with Gasteiger partial charge >= 0.3 is 5.97 Å². The number of halogens is 1. The number of hydrogen-bond donors (Lipinski definition) is 1. The predicted molar refractivity (Wildman–Crippen MR) is 160 cm³/mol. The summed E-state index contributed by atoms with van der Waals surface area (Å²) in [5.41, 5.74) is 3.32. The number of benzene rings is 1. The molecule has 41 heavy (non-hydrogen) atoms. The molecule has 0 spiro atoms. The van der Waals surface area contributed by atoms with E-state index < -0.39 is 11.9 Å². The second-order valence-electron chi connectivity index (χ2n) is 11.4. The van der Waals surface area contributed by atoms with Crippen LogP contribution in [0.15, 0.2) is 41.9 Å². The summed E-state index contributed by atoms with van der Waals surface area (Å²) in [6, 6.07) is 9.75. The number of rotatable bonds is 10. The van der Waals surface area contributed by atoms with E-state index in [9.17, 15) is 19.5 Å². The van der Waals surface area contributed by atoms with Gasteiger partial charge in [0, 0.05) is 47.6 Å². The Kier molecular flexibility index (Phi) is 8.08. The second kappa shape index (κ2) is 11.9. The van der Waals surface area contributed by atoms with Gasteiger partial charge in [0.2, 0.25) is 11.8 Å². The Hall–Kier alpha value is -3.30. The molecule has 6 rings (SSSR count). The van der Waals surface area contributed by atoms with Crippen LogP contribution in [0.4, 0.5) is 10.9 Å². The minimum atomic E-state index is -0.932. The number of nitrogens with zero attached hydrogens (tertiary/aromatic N) is 4. The predicted octanol–water partition coefficient (Wildman–Crippen LogP) is 6.82. The molecular formula is C31H33ClN4O4S. The fourth-order valence-electron chi connectivity index (χ4n) is 6.20. The summed E-state index contributed by atoms with van der Waals surface area (Å²) in [4.78, 5) is 50.7. The summed E-state index contributed by atoms with van der Waals surface area (Å²) in [6.07, 6.45) is 9.76. The van der Waals surface area contributed by atoms with Crippen LogP contribution in [0.5, 0.6) is 0 Å². The standard InChI is InChI=1S/C31H33ClN4O4S/c32-25-15-21(17-33-29(25)35-13-5-10-27(35)37)23-8-3-4-9-24(23)26-18-41-31(34-26)36(22-11-12-22)30(40)20(16-28(38)39)14-19-6-1-2-7-19/h3-4,8-9,15,17-20,22H,1-2,5-7,10-14,16H2,(H,38,39). The highest BCUT2D eigenvalue weighted by Crippen LogP contribution is 2.41. The molecule has 1 aliphatic heterocycles. The monoisotopic (exact) mass is 592 g/mol. The number of carboxylic acids is 1. The lowest BCUT2D eigenvalue weighted by atomic mass is 9.90. The molecule has 3 fully saturated rings. The summed E-state index contributed by atoms with van der Waals surface area (Å²) in [5.74, 6) is -0.648. The van der Waals surface area contributed by atoms with Crippen LogP contribution in [-0.4, -0.2) is 45.4 Å². The Morgan fingerprint density at radius 1 is 1.12 bits per heavy atom. The summed E-state index contributed by atoms with van der Waals surface area (Å²) in [6.45, 7) is 0.618. The first kappa shape index (κ1) is 27.8. The van der Waals surface area contributed by atoms with Crippen LogP contribution in [-0.2, 0) is 14.4 Å². The van der Waals surface area contributed by atoms with E-state index >= 15 is 0 Å². The van der Waals surface area contributed by atoms with Crippen molar-refractivity contribution in [1.29, 1.82) is 0 Å². The first-order chi connectivity index (χ1) is 19.9. The summed E-state index contributed by atoms with van der Waals surface area (Å²) >= 11 is 8.03. The number of carbonyl (C=O) groups excluding carboxylic acids is 2. The van der Waals surface area contributed by atoms with Crippen molar-refractivity contribution in [2.24, 2.45) is 11.8 Å². The number of anilines is 2. The van der Waals surface area contributed by atoms with Crippen LogP contribution in [0, 0.1) is 11.8 Å². The summed E-state index contributed by atoms with van der Waals surface area (Å²) < 4.78 is 0. The topological polar surface area (TPSA) is 104 Å². The Bertz CT molecular complexity index is 1470. The van der Waals surface area contributed by atoms with Gasteiger partial charge in [0.1, 0.15) is 0 Å². The largest absolute Gasteiger partial charge is 0.481 e. The van der Waals surface area contributed by atoms with E-state index in [4.69, 9.17) is 16.6 Å². The highest BCUT2D eigenvalue weighted by molar-refractivity contribution is 7.14. The summed E-state index contributed by atoms with van der Waals surface area (Å²) in [7, 11) is 0. The van der Waals surface area contributed by atoms with Crippen LogP contribution in [0.2, 0.25) is 5.02 Å². The van der Waals surface area contributed by atoms with E-state index in [-0.39, 0.29) is 24.3 Å². The van der Waals surface area contributed by atoms with Gasteiger partial charge < -0.3 is 5.11 Å². The second-order valence-corrected chi connectivity index (χ2v) is 12.6. The molecule has 1 aromatic carbocycles. The van der Waals surface area contributed by atoms with Crippen molar-refractivity contribution in [2.45, 2.75) is 70.3 Å². The Balaban J connectivity index is 1.28. The van der Waals surface area contributed by atoms with Crippen molar-refractivity contribution >= 4 is 51.7 Å². The fraction of sp³-hybridized carbons (Fsp3) is 0.452. The molecule has 0 bridgehead atoms. The summed E-state index contributed by atoms with van der Waals surface area (Å²) in [5, 5.41) is 12.6. The minimum Gasteiger partial charge on any atom is -0.481 e. The van der Waals surface area contributed by atoms with E-state index in [2.05, 4.69) is 4.98 Å². The minimum absolute atomic E-state index is 0.0335. The lowest BCUT2D eigenvalue weighted by Gasteiger charge is -2.26. The van der Waals surface area contributed by atoms with E-state index in [1.165, 1.54) is 11.3 Å². The molecule has 1 unspecified atom stereocenters. The zero-order chi connectivity index (χ0) is 28.5. The zero-order valence-electron chi connectivity index (χ0n) is 22.8. The smallest absolute Gasteiger partial charge is 0.304 e. The normalized spacial score (nSPS) is 18.2. The average molecular weight is 593 g/mol. The van der Waals surface area contributed by atoms with E-state index in [1.54, 1.807) is 16.0 Å². The van der Waals surface area contributed by atoms with Crippen molar-refractivity contribution in [2.75, 3.05) is 16.3 Å². The van der Waals surface area contributed by atoms with Gasteiger partial charge in [-0.1, -0.05) is 61.5 Å². The van der Waals surface area contributed by atoms with Crippen LogP contribution < -0.4 is 9.80 Å². The van der Waals surface area contributed by atoms with Crippen LogP contribution >= 0.6 is 22.9 Å². The number of carboxylic acid groups (broad SMARTS) is 1. The third-order valence-corrected chi connectivity index (χ3v) is 9.49. The van der Waals surface area contributed by atoms with Gasteiger partial charge in [-0.2, -0.15) is 0 Å². The molecule has 2 saturated carbocycles. The molecule has 2 amide bonds. The lowest BCUT2D eigenvalue weighted by Crippen LogP contribution is -2.39. The maximum atomic E-state index is 13.9.